The van der Waals surface area contributed by atoms with Crippen molar-refractivity contribution in [3.05, 3.63) is 0 Å². The molecule has 0 rings (SSSR count). The van der Waals surface area contributed by atoms with Gasteiger partial charge in [0.25, 0.3) is 0 Å². The predicted octanol–water partition coefficient (Wildman–Crippen LogP) is 1.06. The summed E-state index contributed by atoms with van der Waals surface area (Å²) < 4.78 is -0.943. The molecule has 0 amide bonds. The van der Waals surface area contributed by atoms with E-state index in [-0.39, 0.29) is 6.61 Å². The van der Waals surface area contributed by atoms with Crippen LogP contribution in [0.5, 0.6) is 0 Å². The fraction of sp³-hybridized carbons (Fsp3) is 1.00. The van der Waals surface area contributed by atoms with E-state index in [0.29, 0.717) is 5.33 Å². The Kier molecular flexibility index (Phi) is 4.67. The van der Waals surface area contributed by atoms with Gasteiger partial charge in [-0.05, 0) is 0 Å². The molecule has 56 valence electrons. The van der Waals surface area contributed by atoms with Gasteiger partial charge in [-0.2, -0.15) is 0 Å². The molecule has 0 saturated carbocycles. The van der Waals surface area contributed by atoms with Crippen molar-refractivity contribution in [2.45, 2.75) is 9.89 Å². The van der Waals surface area contributed by atoms with Crippen molar-refractivity contribution in [3.63, 3.8) is 0 Å². The van der Waals surface area contributed by atoms with Crippen molar-refractivity contribution in [1.82, 2.24) is 0 Å². The fourth-order valence-electron chi connectivity index (χ4n) is 0.223. The molecule has 0 heterocycles. The van der Waals surface area contributed by atoms with E-state index >= 15 is 0 Å². The van der Waals surface area contributed by atoms with Gasteiger partial charge in [0.1, 0.15) is 9.89 Å². The highest BCUT2D eigenvalue weighted by atomic mass is 79.9. The maximum atomic E-state index is 8.93. The highest BCUT2D eigenvalue weighted by Crippen LogP contribution is 2.29. The highest BCUT2D eigenvalue weighted by Gasteiger charge is 2.30. The molecule has 2 unspecified atom stereocenters. The van der Waals surface area contributed by atoms with Gasteiger partial charge in [0.2, 0.25) is 0 Å². The van der Waals surface area contributed by atoms with Crippen molar-refractivity contribution in [3.8, 4) is 0 Å². The van der Waals surface area contributed by atoms with Crippen LogP contribution in [0.4, 0.5) is 0 Å². The topological polar surface area (TPSA) is 40.5 Å². The minimum absolute atomic E-state index is 0.347. The Hall–Kier alpha value is 1.17. The highest BCUT2D eigenvalue weighted by molar-refractivity contribution is 9.12. The number of rotatable bonds is 3. The van der Waals surface area contributed by atoms with Gasteiger partial charge in [0.15, 0.2) is 0 Å². The summed E-state index contributed by atoms with van der Waals surface area (Å²) in [6, 6.07) is 0. The molecule has 2 N–H and O–H groups in total. The molecule has 5 heteroatoms. The van der Waals surface area contributed by atoms with Crippen LogP contribution in [0.3, 0.4) is 0 Å². The van der Waals surface area contributed by atoms with Crippen LogP contribution in [0.15, 0.2) is 0 Å². The first-order valence-electron chi connectivity index (χ1n) is 2.27. The second-order valence-corrected chi connectivity index (χ2v) is 4.70. The molecule has 0 aliphatic heterocycles. The summed E-state index contributed by atoms with van der Waals surface area (Å²) in [5.41, 5.74) is 0. The van der Waals surface area contributed by atoms with E-state index in [9.17, 15) is 0 Å². The van der Waals surface area contributed by atoms with E-state index in [1.807, 2.05) is 0 Å². The Morgan fingerprint density at radius 1 is 1.67 bits per heavy atom. The second-order valence-electron chi connectivity index (χ2n) is 1.59. The Morgan fingerprint density at radius 2 is 2.11 bits per heavy atom. The smallest absolute Gasteiger partial charge is 0.137 e. The molecule has 0 aromatic heterocycles. The van der Waals surface area contributed by atoms with Gasteiger partial charge < -0.3 is 10.2 Å². The molecule has 0 aromatic carbocycles. The van der Waals surface area contributed by atoms with Crippen molar-refractivity contribution in [2.75, 3.05) is 11.9 Å². The maximum Gasteiger partial charge on any atom is 0.137 e. The lowest BCUT2D eigenvalue weighted by molar-refractivity contribution is 0.0904. The van der Waals surface area contributed by atoms with E-state index < -0.39 is 9.89 Å². The third kappa shape index (κ3) is 3.18. The van der Waals surface area contributed by atoms with E-state index in [1.54, 1.807) is 0 Å². The van der Waals surface area contributed by atoms with Crippen LogP contribution in [0, 0.1) is 0 Å². The quantitative estimate of drug-likeness (QED) is 0.760. The second kappa shape index (κ2) is 4.13. The minimum Gasteiger partial charge on any atom is -0.394 e. The lowest BCUT2D eigenvalue weighted by Gasteiger charge is -2.21. The van der Waals surface area contributed by atoms with Crippen LogP contribution >= 0.6 is 43.5 Å². The van der Waals surface area contributed by atoms with E-state index in [0.717, 1.165) is 0 Å². The predicted molar refractivity (Wildman–Crippen MR) is 44.4 cm³/mol. The zero-order valence-corrected chi connectivity index (χ0v) is 8.45. The molecule has 0 radical (unpaired) electrons. The summed E-state index contributed by atoms with van der Waals surface area (Å²) in [6.45, 7) is -0.347. The first-order valence-corrected chi connectivity index (χ1v) is 4.56. The molecule has 0 spiro atoms. The third-order valence-electron chi connectivity index (χ3n) is 0.839. The Labute approximate surface area is 75.5 Å². The summed E-state index contributed by atoms with van der Waals surface area (Å²) >= 11 is 11.7. The van der Waals surface area contributed by atoms with Crippen LogP contribution in [0.1, 0.15) is 0 Å². The molecule has 2 nitrogen and oxygen atoms in total. The average molecular weight is 282 g/mol. The Morgan fingerprint density at radius 3 is 2.22 bits per heavy atom. The fourth-order valence-corrected chi connectivity index (χ4v) is 0.810. The van der Waals surface area contributed by atoms with Gasteiger partial charge in [-0.15, -0.1) is 11.6 Å². The summed E-state index contributed by atoms with van der Waals surface area (Å²) in [6.07, 6.45) is -0.946. The zero-order valence-electron chi connectivity index (χ0n) is 4.52. The lowest BCUT2D eigenvalue weighted by atomic mass is 10.3. The van der Waals surface area contributed by atoms with Crippen LogP contribution in [0.2, 0.25) is 0 Å². The van der Waals surface area contributed by atoms with Crippen molar-refractivity contribution < 1.29 is 10.2 Å². The number of hydrogen-bond acceptors (Lipinski definition) is 2. The van der Waals surface area contributed by atoms with Crippen molar-refractivity contribution in [1.29, 1.82) is 0 Å². The van der Waals surface area contributed by atoms with Crippen molar-refractivity contribution >= 4 is 43.5 Å². The first-order chi connectivity index (χ1) is 4.04. The van der Waals surface area contributed by atoms with Gasteiger partial charge >= 0.3 is 0 Å². The van der Waals surface area contributed by atoms with E-state index in [2.05, 4.69) is 31.9 Å². The number of aliphatic hydroxyl groups excluding tert-OH is 2. The van der Waals surface area contributed by atoms with Gasteiger partial charge in [-0.3, -0.25) is 0 Å². The largest absolute Gasteiger partial charge is 0.394 e. The number of halogens is 3. The summed E-state index contributed by atoms with van der Waals surface area (Å²) in [7, 11) is 0. The average Bonchev–Trinajstić information content (AvgIpc) is 1.86. The molecule has 2 atom stereocenters. The molecule has 0 aliphatic carbocycles. The van der Waals surface area contributed by atoms with Gasteiger partial charge in [-0.1, -0.05) is 31.9 Å². The van der Waals surface area contributed by atoms with Crippen LogP contribution in [-0.4, -0.2) is 32.0 Å². The summed E-state index contributed by atoms with van der Waals surface area (Å²) in [5.74, 6) is 0. The van der Waals surface area contributed by atoms with Gasteiger partial charge in [-0.25, -0.2) is 0 Å². The van der Waals surface area contributed by atoms with Crippen molar-refractivity contribution in [2.24, 2.45) is 0 Å². The molecular formula is C4H7Br2ClO2. The normalized spacial score (nSPS) is 21.0. The molecule has 0 fully saturated rings. The Balaban J connectivity index is 3.80. The molecule has 0 aliphatic rings. The van der Waals surface area contributed by atoms with Gasteiger partial charge in [0.05, 0.1) is 6.61 Å². The van der Waals surface area contributed by atoms with E-state index in [1.165, 1.54) is 0 Å². The molecule has 0 saturated heterocycles. The van der Waals surface area contributed by atoms with E-state index in [4.69, 9.17) is 21.8 Å². The number of alkyl halides is 3. The number of hydrogen-bond donors (Lipinski definition) is 2. The Bertz CT molecular complexity index is 88.6. The monoisotopic (exact) mass is 280 g/mol. The molecule has 0 aromatic rings. The van der Waals surface area contributed by atoms with Gasteiger partial charge in [0, 0.05) is 5.33 Å². The summed E-state index contributed by atoms with van der Waals surface area (Å²) in [5, 5.41) is 17.7. The van der Waals surface area contributed by atoms with Crippen LogP contribution in [-0.2, 0) is 0 Å². The third-order valence-corrected chi connectivity index (χ3v) is 3.99. The van der Waals surface area contributed by atoms with Crippen LogP contribution in [0.25, 0.3) is 0 Å². The van der Waals surface area contributed by atoms with Crippen LogP contribution < -0.4 is 0 Å². The first kappa shape index (κ1) is 10.2. The minimum atomic E-state index is -0.946. The summed E-state index contributed by atoms with van der Waals surface area (Å²) in [4.78, 5) is 0. The maximum absolute atomic E-state index is 8.93. The lowest BCUT2D eigenvalue weighted by Crippen LogP contribution is -2.34. The molecule has 0 bridgehead atoms. The zero-order chi connectivity index (χ0) is 7.49. The SMILES string of the molecule is OCC(O)C(Cl)(Br)CBr. The standard InChI is InChI=1S/C4H7Br2ClO2/c5-2-4(6,7)3(9)1-8/h3,8-9H,1-2H2. The molecular weight excluding hydrogens is 275 g/mol. The number of aliphatic hydroxyl groups is 2. The molecule has 9 heavy (non-hydrogen) atoms.